The van der Waals surface area contributed by atoms with Gasteiger partial charge in [-0.15, -0.1) is 11.3 Å². The average Bonchev–Trinajstić information content (AvgIpc) is 2.93. The van der Waals surface area contributed by atoms with Crippen LogP contribution in [0.1, 0.15) is 35.3 Å². The van der Waals surface area contributed by atoms with Crippen molar-refractivity contribution in [2.75, 3.05) is 7.11 Å². The number of aromatic nitrogens is 1. The van der Waals surface area contributed by atoms with Crippen LogP contribution in [-0.4, -0.2) is 17.2 Å². The summed E-state index contributed by atoms with van der Waals surface area (Å²) in [6.07, 6.45) is 2.94. The Balaban J connectivity index is 2.02. The highest BCUT2D eigenvalue weighted by Crippen LogP contribution is 2.28. The summed E-state index contributed by atoms with van der Waals surface area (Å²) in [7, 11) is 1.62. The molecule has 4 nitrogen and oxygen atoms in total. The van der Waals surface area contributed by atoms with Crippen molar-refractivity contribution in [2.24, 2.45) is 0 Å². The zero-order valence-electron chi connectivity index (χ0n) is 12.0. The van der Waals surface area contributed by atoms with Crippen LogP contribution in [0.5, 0.6) is 11.5 Å². The molecule has 0 aliphatic carbocycles. The molecular formula is C15H20N2O2S. The molecule has 1 unspecified atom stereocenters. The van der Waals surface area contributed by atoms with Crippen LogP contribution in [0.4, 0.5) is 0 Å². The SMILES string of the molecule is CCc1cnc(CNC(C)c2cc(OC)ccc2O)s1. The number of phenolic OH excluding ortho intramolecular Hbond substituents is 1. The molecule has 0 radical (unpaired) electrons. The number of thiazole rings is 1. The second-order valence-corrected chi connectivity index (χ2v) is 5.80. The molecule has 0 fully saturated rings. The van der Waals surface area contributed by atoms with E-state index in [1.165, 1.54) is 4.88 Å². The molecule has 5 heteroatoms. The van der Waals surface area contributed by atoms with E-state index in [9.17, 15) is 5.11 Å². The molecule has 0 saturated heterocycles. The number of hydrogen-bond donors (Lipinski definition) is 2. The number of rotatable bonds is 6. The first-order chi connectivity index (χ1) is 9.63. The highest BCUT2D eigenvalue weighted by Gasteiger charge is 2.12. The number of phenols is 1. The van der Waals surface area contributed by atoms with Crippen molar-refractivity contribution in [2.45, 2.75) is 32.9 Å². The van der Waals surface area contributed by atoms with Crippen LogP contribution in [-0.2, 0) is 13.0 Å². The van der Waals surface area contributed by atoms with Crippen molar-refractivity contribution < 1.29 is 9.84 Å². The number of aromatic hydroxyl groups is 1. The quantitative estimate of drug-likeness (QED) is 0.858. The highest BCUT2D eigenvalue weighted by molar-refractivity contribution is 7.11. The fourth-order valence-corrected chi connectivity index (χ4v) is 2.76. The Morgan fingerprint density at radius 2 is 2.25 bits per heavy atom. The molecule has 0 aliphatic heterocycles. The third-order valence-corrected chi connectivity index (χ3v) is 4.35. The minimum Gasteiger partial charge on any atom is -0.508 e. The topological polar surface area (TPSA) is 54.4 Å². The van der Waals surface area contributed by atoms with E-state index in [0.29, 0.717) is 6.54 Å². The molecule has 2 rings (SSSR count). The molecule has 1 heterocycles. The lowest BCUT2D eigenvalue weighted by Crippen LogP contribution is -2.18. The number of methoxy groups -OCH3 is 1. The van der Waals surface area contributed by atoms with Crippen molar-refractivity contribution >= 4 is 11.3 Å². The number of nitrogens with zero attached hydrogens (tertiary/aromatic N) is 1. The summed E-state index contributed by atoms with van der Waals surface area (Å²) in [5.41, 5.74) is 0.830. The van der Waals surface area contributed by atoms with Crippen molar-refractivity contribution in [1.29, 1.82) is 0 Å². The van der Waals surface area contributed by atoms with E-state index >= 15 is 0 Å². The Morgan fingerprint density at radius 1 is 1.45 bits per heavy atom. The molecule has 2 aromatic rings. The zero-order chi connectivity index (χ0) is 14.5. The third kappa shape index (κ3) is 3.49. The predicted octanol–water partition coefficient (Wildman–Crippen LogP) is 3.27. The second-order valence-electron chi connectivity index (χ2n) is 4.60. The van der Waals surface area contributed by atoms with Gasteiger partial charge in [0.1, 0.15) is 16.5 Å². The van der Waals surface area contributed by atoms with E-state index in [-0.39, 0.29) is 11.8 Å². The molecule has 0 bridgehead atoms. The first kappa shape index (κ1) is 14.8. The Labute approximate surface area is 123 Å². The summed E-state index contributed by atoms with van der Waals surface area (Å²) in [4.78, 5) is 5.67. The molecule has 0 spiro atoms. The van der Waals surface area contributed by atoms with Crippen molar-refractivity contribution in [3.8, 4) is 11.5 Å². The second kappa shape index (κ2) is 6.72. The minimum absolute atomic E-state index is 0.0269. The maximum Gasteiger partial charge on any atom is 0.120 e. The molecule has 108 valence electrons. The lowest BCUT2D eigenvalue weighted by molar-refractivity contribution is 0.407. The number of aryl methyl sites for hydroxylation is 1. The van der Waals surface area contributed by atoms with Gasteiger partial charge in [-0.1, -0.05) is 6.92 Å². The highest BCUT2D eigenvalue weighted by atomic mass is 32.1. The molecule has 2 N–H and O–H groups in total. The zero-order valence-corrected chi connectivity index (χ0v) is 12.8. The average molecular weight is 292 g/mol. The maximum atomic E-state index is 9.93. The largest absolute Gasteiger partial charge is 0.508 e. The Morgan fingerprint density at radius 3 is 2.90 bits per heavy atom. The predicted molar refractivity (Wildman–Crippen MR) is 81.4 cm³/mol. The van der Waals surface area contributed by atoms with Gasteiger partial charge in [0, 0.05) is 29.2 Å². The summed E-state index contributed by atoms with van der Waals surface area (Å²) in [6.45, 7) is 4.84. The van der Waals surface area contributed by atoms with Gasteiger partial charge in [0.25, 0.3) is 0 Å². The molecule has 0 saturated carbocycles. The van der Waals surface area contributed by atoms with Crippen molar-refractivity contribution in [1.82, 2.24) is 10.3 Å². The Kier molecular flexibility index (Phi) is 4.98. The number of ether oxygens (including phenoxy) is 1. The molecule has 1 aromatic heterocycles. The van der Waals surface area contributed by atoms with E-state index < -0.39 is 0 Å². The first-order valence-corrected chi connectivity index (χ1v) is 7.49. The fraction of sp³-hybridized carbons (Fsp3) is 0.400. The molecular weight excluding hydrogens is 272 g/mol. The van der Waals surface area contributed by atoms with Gasteiger partial charge in [0.15, 0.2) is 0 Å². The van der Waals surface area contributed by atoms with Crippen molar-refractivity contribution in [3.63, 3.8) is 0 Å². The summed E-state index contributed by atoms with van der Waals surface area (Å²) < 4.78 is 5.19. The van der Waals surface area contributed by atoms with Gasteiger partial charge in [0.2, 0.25) is 0 Å². The van der Waals surface area contributed by atoms with Crippen LogP contribution in [0.3, 0.4) is 0 Å². The molecule has 20 heavy (non-hydrogen) atoms. The summed E-state index contributed by atoms with van der Waals surface area (Å²) >= 11 is 1.72. The van der Waals surface area contributed by atoms with E-state index in [1.54, 1.807) is 30.6 Å². The van der Waals surface area contributed by atoms with Gasteiger partial charge < -0.3 is 15.2 Å². The smallest absolute Gasteiger partial charge is 0.120 e. The molecule has 0 amide bonds. The van der Waals surface area contributed by atoms with Crippen LogP contribution >= 0.6 is 11.3 Å². The monoisotopic (exact) mass is 292 g/mol. The third-order valence-electron chi connectivity index (χ3n) is 3.21. The molecule has 1 aromatic carbocycles. The molecule has 1 atom stereocenters. The van der Waals surface area contributed by atoms with Gasteiger partial charge in [-0.3, -0.25) is 0 Å². The van der Waals surface area contributed by atoms with E-state index in [4.69, 9.17) is 4.74 Å². The van der Waals surface area contributed by atoms with E-state index in [2.05, 4.69) is 17.2 Å². The van der Waals surface area contributed by atoms with Gasteiger partial charge in [-0.25, -0.2) is 4.98 Å². The van der Waals surface area contributed by atoms with Crippen LogP contribution < -0.4 is 10.1 Å². The number of hydrogen-bond acceptors (Lipinski definition) is 5. The lowest BCUT2D eigenvalue weighted by Gasteiger charge is -2.15. The normalized spacial score (nSPS) is 12.3. The van der Waals surface area contributed by atoms with Gasteiger partial charge in [-0.05, 0) is 31.5 Å². The van der Waals surface area contributed by atoms with Crippen LogP contribution in [0.2, 0.25) is 0 Å². The maximum absolute atomic E-state index is 9.93. The number of benzene rings is 1. The van der Waals surface area contributed by atoms with Crippen LogP contribution in [0, 0.1) is 0 Å². The standard InChI is InChI=1S/C15H20N2O2S/c1-4-12-8-17-15(20-12)9-16-10(2)13-7-11(19-3)5-6-14(13)18/h5-8,10,16,18H,4,9H2,1-3H3. The fourth-order valence-electron chi connectivity index (χ4n) is 1.95. The van der Waals surface area contributed by atoms with Crippen molar-refractivity contribution in [3.05, 3.63) is 39.8 Å². The van der Waals surface area contributed by atoms with Crippen LogP contribution in [0.25, 0.3) is 0 Å². The van der Waals surface area contributed by atoms with Gasteiger partial charge >= 0.3 is 0 Å². The summed E-state index contributed by atoms with van der Waals surface area (Å²) in [5, 5.41) is 14.4. The Bertz CT molecular complexity index is 569. The Hall–Kier alpha value is -1.59. The van der Waals surface area contributed by atoms with Gasteiger partial charge in [0.05, 0.1) is 7.11 Å². The van der Waals surface area contributed by atoms with E-state index in [0.717, 1.165) is 22.7 Å². The summed E-state index contributed by atoms with van der Waals surface area (Å²) in [6, 6.07) is 5.29. The minimum atomic E-state index is 0.0269. The first-order valence-electron chi connectivity index (χ1n) is 6.68. The number of nitrogens with one attached hydrogen (secondary N) is 1. The molecule has 0 aliphatic rings. The summed E-state index contributed by atoms with van der Waals surface area (Å²) in [5.74, 6) is 1.02. The van der Waals surface area contributed by atoms with Crippen LogP contribution in [0.15, 0.2) is 24.4 Å². The van der Waals surface area contributed by atoms with E-state index in [1.807, 2.05) is 19.2 Å². The lowest BCUT2D eigenvalue weighted by atomic mass is 10.1. The van der Waals surface area contributed by atoms with Gasteiger partial charge in [-0.2, -0.15) is 0 Å².